The van der Waals surface area contributed by atoms with Crippen molar-refractivity contribution in [2.75, 3.05) is 11.9 Å². The molecule has 0 aromatic carbocycles. The second-order valence-electron chi connectivity index (χ2n) is 5.21. The average Bonchev–Trinajstić information content (AvgIpc) is 2.47. The third-order valence-corrected chi connectivity index (χ3v) is 3.97. The van der Waals surface area contributed by atoms with Gasteiger partial charge >= 0.3 is 0 Å². The molecule has 0 aliphatic heterocycles. The van der Waals surface area contributed by atoms with Crippen molar-refractivity contribution in [2.45, 2.75) is 58.4 Å². The maximum atomic E-state index is 9.43. The molecule has 0 radical (unpaired) electrons. The van der Waals surface area contributed by atoms with E-state index in [1.165, 1.54) is 12.8 Å². The van der Waals surface area contributed by atoms with Crippen LogP contribution in [0.4, 0.5) is 5.95 Å². The van der Waals surface area contributed by atoms with E-state index in [-0.39, 0.29) is 12.6 Å². The zero-order valence-electron chi connectivity index (χ0n) is 11.9. The molecule has 0 spiro atoms. The smallest absolute Gasteiger partial charge is 0.243 e. The molecule has 5 nitrogen and oxygen atoms in total. The molecule has 5 heteroatoms. The van der Waals surface area contributed by atoms with Gasteiger partial charge in [-0.3, -0.25) is 0 Å². The molecule has 1 fully saturated rings. The summed E-state index contributed by atoms with van der Waals surface area (Å²) in [6.45, 7) is 4.39. The molecular weight excluding hydrogens is 240 g/mol. The van der Waals surface area contributed by atoms with Crippen LogP contribution in [0.25, 0.3) is 0 Å². The van der Waals surface area contributed by atoms with E-state index in [2.05, 4.69) is 34.3 Å². The van der Waals surface area contributed by atoms with Gasteiger partial charge in [-0.25, -0.2) is 4.98 Å². The first kappa shape index (κ1) is 14.2. The number of anilines is 1. The fraction of sp³-hybridized carbons (Fsp3) is 0.786. The summed E-state index contributed by atoms with van der Waals surface area (Å²) in [7, 11) is 0. The molecule has 1 aromatic heterocycles. The minimum Gasteiger partial charge on any atom is -0.396 e. The number of aryl methyl sites for hydroxylation is 2. The van der Waals surface area contributed by atoms with Crippen molar-refractivity contribution in [1.29, 1.82) is 0 Å². The van der Waals surface area contributed by atoms with Gasteiger partial charge < -0.3 is 10.4 Å². The summed E-state index contributed by atoms with van der Waals surface area (Å²) in [5.41, 5.74) is 2.01. The van der Waals surface area contributed by atoms with Crippen LogP contribution >= 0.6 is 0 Å². The SMILES string of the molecule is CCc1nnc(N[C@@H]2CCCC[C@H]2CO)nc1CC. The predicted octanol–water partition coefficient (Wildman–Crippen LogP) is 1.96. The number of nitrogens with one attached hydrogen (secondary N) is 1. The van der Waals surface area contributed by atoms with Crippen LogP contribution in [-0.2, 0) is 12.8 Å². The van der Waals surface area contributed by atoms with Crippen LogP contribution in [0.2, 0.25) is 0 Å². The third kappa shape index (κ3) is 3.41. The van der Waals surface area contributed by atoms with E-state index in [0.717, 1.165) is 37.1 Å². The van der Waals surface area contributed by atoms with Gasteiger partial charge in [0, 0.05) is 18.6 Å². The minimum atomic E-state index is 0.235. The molecule has 0 unspecified atom stereocenters. The van der Waals surface area contributed by atoms with E-state index in [4.69, 9.17) is 0 Å². The van der Waals surface area contributed by atoms with E-state index in [1.807, 2.05) is 0 Å². The summed E-state index contributed by atoms with van der Waals surface area (Å²) in [6.07, 6.45) is 6.31. The summed E-state index contributed by atoms with van der Waals surface area (Å²) in [5, 5.41) is 21.2. The Balaban J connectivity index is 2.09. The normalized spacial score (nSPS) is 23.3. The number of aliphatic hydroxyl groups is 1. The highest BCUT2D eigenvalue weighted by atomic mass is 16.3. The summed E-state index contributed by atoms with van der Waals surface area (Å²) >= 11 is 0. The Morgan fingerprint density at radius 3 is 2.53 bits per heavy atom. The Labute approximate surface area is 114 Å². The first-order valence-electron chi connectivity index (χ1n) is 7.38. The van der Waals surface area contributed by atoms with Gasteiger partial charge in [0.05, 0.1) is 11.4 Å². The Morgan fingerprint density at radius 1 is 1.11 bits per heavy atom. The van der Waals surface area contributed by atoms with Gasteiger partial charge in [0.2, 0.25) is 5.95 Å². The van der Waals surface area contributed by atoms with E-state index in [1.54, 1.807) is 0 Å². The van der Waals surface area contributed by atoms with Gasteiger partial charge in [0.25, 0.3) is 0 Å². The van der Waals surface area contributed by atoms with Gasteiger partial charge in [0.15, 0.2) is 0 Å². The van der Waals surface area contributed by atoms with Crippen LogP contribution in [0, 0.1) is 5.92 Å². The van der Waals surface area contributed by atoms with Crippen molar-refractivity contribution in [3.05, 3.63) is 11.4 Å². The molecule has 1 aliphatic rings. The van der Waals surface area contributed by atoms with Crippen molar-refractivity contribution in [1.82, 2.24) is 15.2 Å². The lowest BCUT2D eigenvalue weighted by atomic mass is 9.85. The highest BCUT2D eigenvalue weighted by molar-refractivity contribution is 5.27. The molecule has 1 saturated carbocycles. The molecule has 2 N–H and O–H groups in total. The molecule has 0 saturated heterocycles. The Bertz CT molecular complexity index is 410. The minimum absolute atomic E-state index is 0.235. The van der Waals surface area contributed by atoms with Crippen molar-refractivity contribution in [3.63, 3.8) is 0 Å². The second-order valence-corrected chi connectivity index (χ2v) is 5.21. The second kappa shape index (κ2) is 6.80. The number of rotatable bonds is 5. The number of hydrogen-bond acceptors (Lipinski definition) is 5. The Morgan fingerprint density at radius 2 is 1.84 bits per heavy atom. The first-order chi connectivity index (χ1) is 9.28. The first-order valence-corrected chi connectivity index (χ1v) is 7.38. The Hall–Kier alpha value is -1.23. The number of aliphatic hydroxyl groups excluding tert-OH is 1. The largest absolute Gasteiger partial charge is 0.396 e. The highest BCUT2D eigenvalue weighted by Gasteiger charge is 2.25. The molecule has 106 valence electrons. The van der Waals surface area contributed by atoms with Gasteiger partial charge in [-0.2, -0.15) is 5.10 Å². The fourth-order valence-electron chi connectivity index (χ4n) is 2.78. The van der Waals surface area contributed by atoms with Gasteiger partial charge in [-0.15, -0.1) is 5.10 Å². The van der Waals surface area contributed by atoms with Crippen LogP contribution in [-0.4, -0.2) is 32.9 Å². The topological polar surface area (TPSA) is 70.9 Å². The molecular formula is C14H24N4O. The van der Waals surface area contributed by atoms with Gasteiger partial charge in [-0.1, -0.05) is 26.7 Å². The molecule has 1 aliphatic carbocycles. The summed E-state index contributed by atoms with van der Waals surface area (Å²) < 4.78 is 0. The van der Waals surface area contributed by atoms with Crippen molar-refractivity contribution in [2.24, 2.45) is 5.92 Å². The van der Waals surface area contributed by atoms with Crippen LogP contribution in [0.1, 0.15) is 50.9 Å². The number of aromatic nitrogens is 3. The predicted molar refractivity (Wildman–Crippen MR) is 75.0 cm³/mol. The number of hydrogen-bond donors (Lipinski definition) is 2. The quantitative estimate of drug-likeness (QED) is 0.850. The molecule has 2 atom stereocenters. The third-order valence-electron chi connectivity index (χ3n) is 3.97. The molecule has 1 aromatic rings. The molecule has 2 rings (SSSR count). The molecule has 0 bridgehead atoms. The highest BCUT2D eigenvalue weighted by Crippen LogP contribution is 2.26. The van der Waals surface area contributed by atoms with E-state index >= 15 is 0 Å². The van der Waals surface area contributed by atoms with E-state index in [9.17, 15) is 5.11 Å². The summed E-state index contributed by atoms with van der Waals surface area (Å²) in [5.74, 6) is 0.924. The van der Waals surface area contributed by atoms with Crippen LogP contribution in [0.15, 0.2) is 0 Å². The fourth-order valence-corrected chi connectivity index (χ4v) is 2.78. The van der Waals surface area contributed by atoms with E-state index < -0.39 is 0 Å². The van der Waals surface area contributed by atoms with Crippen molar-refractivity contribution >= 4 is 5.95 Å². The lowest BCUT2D eigenvalue weighted by Gasteiger charge is -2.30. The molecule has 0 amide bonds. The maximum Gasteiger partial charge on any atom is 0.243 e. The van der Waals surface area contributed by atoms with Crippen molar-refractivity contribution < 1.29 is 5.11 Å². The zero-order chi connectivity index (χ0) is 13.7. The summed E-state index contributed by atoms with van der Waals surface area (Å²) in [4.78, 5) is 4.56. The van der Waals surface area contributed by atoms with Crippen LogP contribution < -0.4 is 5.32 Å². The Kier molecular flexibility index (Phi) is 5.07. The molecule has 19 heavy (non-hydrogen) atoms. The lowest BCUT2D eigenvalue weighted by Crippen LogP contribution is -2.35. The van der Waals surface area contributed by atoms with Gasteiger partial charge in [0.1, 0.15) is 0 Å². The van der Waals surface area contributed by atoms with Crippen LogP contribution in [0.5, 0.6) is 0 Å². The van der Waals surface area contributed by atoms with Gasteiger partial charge in [-0.05, 0) is 25.7 Å². The lowest BCUT2D eigenvalue weighted by molar-refractivity contribution is 0.178. The van der Waals surface area contributed by atoms with Crippen molar-refractivity contribution in [3.8, 4) is 0 Å². The van der Waals surface area contributed by atoms with Crippen LogP contribution in [0.3, 0.4) is 0 Å². The standard InChI is InChI=1S/C14H24N4O/c1-3-11-12(4-2)17-18-14(15-11)16-13-8-6-5-7-10(13)9-19/h10,13,19H,3-9H2,1-2H3,(H,15,16,18)/t10-,13+/m0/s1. The number of nitrogens with zero attached hydrogens (tertiary/aromatic N) is 3. The monoisotopic (exact) mass is 264 g/mol. The average molecular weight is 264 g/mol. The maximum absolute atomic E-state index is 9.43. The van der Waals surface area contributed by atoms with E-state index in [0.29, 0.717) is 11.9 Å². The molecule has 1 heterocycles. The summed E-state index contributed by atoms with van der Waals surface area (Å²) in [6, 6.07) is 0.276. The zero-order valence-corrected chi connectivity index (χ0v) is 11.9.